The Labute approximate surface area is 188 Å². The van der Waals surface area contributed by atoms with Gasteiger partial charge in [-0.1, -0.05) is 34.8 Å². The molecule has 0 amide bonds. The molecule has 0 aliphatic rings. The molecule has 6 nitrogen and oxygen atoms in total. The molecule has 0 saturated heterocycles. The van der Waals surface area contributed by atoms with Crippen molar-refractivity contribution in [2.45, 2.75) is 26.4 Å². The summed E-state index contributed by atoms with van der Waals surface area (Å²) in [5.41, 5.74) is -2.56. The molecule has 0 aliphatic carbocycles. The number of aromatic nitrogens is 1. The van der Waals surface area contributed by atoms with Gasteiger partial charge in [0.25, 0.3) is 0 Å². The van der Waals surface area contributed by atoms with Crippen molar-refractivity contribution in [2.24, 2.45) is 7.05 Å². The molecular formula is C18H14Cl3F4NO5. The number of alkyl halides is 3. The standard InChI is InChI=1S/C18H14Cl3F4NO5/c1-7(27)29-5-4-9-13(19)11(31-30-8(2)28)6-10(15(9)22)12-14(20)16(18(23,24)25)26(3)17(12)21/h6H,4-5H2,1-3H3. The summed E-state index contributed by atoms with van der Waals surface area (Å²) in [6.45, 7) is 1.85. The number of hydrogen-bond donors (Lipinski definition) is 0. The van der Waals surface area contributed by atoms with Crippen LogP contribution < -0.4 is 4.89 Å². The number of esters is 1. The third-order valence-corrected chi connectivity index (χ3v) is 5.19. The van der Waals surface area contributed by atoms with Gasteiger partial charge in [-0.25, -0.2) is 9.18 Å². The fraction of sp³-hybridized carbons (Fsp3) is 0.333. The van der Waals surface area contributed by atoms with Crippen LogP contribution in [0, 0.1) is 5.82 Å². The van der Waals surface area contributed by atoms with Crippen LogP contribution in [0.15, 0.2) is 6.07 Å². The Balaban J connectivity index is 2.73. The second-order valence-corrected chi connectivity index (χ2v) is 7.28. The van der Waals surface area contributed by atoms with Crippen LogP contribution in [-0.2, 0) is 38.9 Å². The predicted octanol–water partition coefficient (Wildman–Crippen LogP) is 5.77. The van der Waals surface area contributed by atoms with Crippen molar-refractivity contribution in [1.29, 1.82) is 0 Å². The van der Waals surface area contributed by atoms with Crippen molar-refractivity contribution in [3.8, 4) is 16.9 Å². The van der Waals surface area contributed by atoms with Crippen LogP contribution in [0.2, 0.25) is 15.2 Å². The van der Waals surface area contributed by atoms with E-state index in [-0.39, 0.29) is 23.6 Å². The maximum atomic E-state index is 15.3. The minimum absolute atomic E-state index is 0.275. The van der Waals surface area contributed by atoms with Gasteiger partial charge < -0.3 is 9.30 Å². The van der Waals surface area contributed by atoms with Crippen LogP contribution in [-0.4, -0.2) is 23.1 Å². The van der Waals surface area contributed by atoms with Crippen molar-refractivity contribution < 1.29 is 41.7 Å². The van der Waals surface area contributed by atoms with Crippen LogP contribution in [0.4, 0.5) is 17.6 Å². The van der Waals surface area contributed by atoms with Crippen LogP contribution in [0.25, 0.3) is 11.1 Å². The van der Waals surface area contributed by atoms with Gasteiger partial charge in [0, 0.05) is 44.0 Å². The number of ether oxygens (including phenoxy) is 1. The molecule has 31 heavy (non-hydrogen) atoms. The highest BCUT2D eigenvalue weighted by molar-refractivity contribution is 6.40. The topological polar surface area (TPSA) is 66.8 Å². The first-order valence-corrected chi connectivity index (χ1v) is 9.51. The fourth-order valence-electron chi connectivity index (χ4n) is 2.69. The SMILES string of the molecule is CC(=O)OCCc1c(F)c(-c2c(Cl)c(C(F)(F)F)n(C)c2Cl)cc(OOC(C)=O)c1Cl. The summed E-state index contributed by atoms with van der Waals surface area (Å²) in [4.78, 5) is 31.2. The zero-order valence-corrected chi connectivity index (χ0v) is 18.4. The number of rotatable bonds is 6. The van der Waals surface area contributed by atoms with Gasteiger partial charge >= 0.3 is 18.1 Å². The number of carbonyl (C=O) groups excluding carboxylic acids is 2. The molecule has 2 aromatic rings. The Morgan fingerprint density at radius 3 is 2.19 bits per heavy atom. The molecule has 2 rings (SSSR count). The largest absolute Gasteiger partial charge is 0.466 e. The first-order valence-electron chi connectivity index (χ1n) is 8.37. The molecule has 13 heteroatoms. The molecule has 170 valence electrons. The maximum absolute atomic E-state index is 15.3. The lowest BCUT2D eigenvalue weighted by molar-refractivity contribution is -0.210. The van der Waals surface area contributed by atoms with E-state index < -0.39 is 56.7 Å². The summed E-state index contributed by atoms with van der Waals surface area (Å²) in [5.74, 6) is -2.99. The van der Waals surface area contributed by atoms with Gasteiger partial charge in [0.05, 0.1) is 16.7 Å². The average molecular weight is 507 g/mol. The van der Waals surface area contributed by atoms with Gasteiger partial charge in [-0.15, -0.1) is 0 Å². The van der Waals surface area contributed by atoms with Gasteiger partial charge in [0.1, 0.15) is 16.7 Å². The average Bonchev–Trinajstić information content (AvgIpc) is 2.86. The lowest BCUT2D eigenvalue weighted by atomic mass is 10.0. The number of nitrogens with zero attached hydrogens (tertiary/aromatic N) is 1. The molecular weight excluding hydrogens is 493 g/mol. The third kappa shape index (κ3) is 5.36. The highest BCUT2D eigenvalue weighted by atomic mass is 35.5. The van der Waals surface area contributed by atoms with E-state index in [9.17, 15) is 22.8 Å². The third-order valence-electron chi connectivity index (χ3n) is 3.97. The fourth-order valence-corrected chi connectivity index (χ4v) is 3.71. The Morgan fingerprint density at radius 1 is 1.10 bits per heavy atom. The molecule has 1 aromatic carbocycles. The Hall–Kier alpha value is -2.17. The molecule has 0 saturated carbocycles. The summed E-state index contributed by atoms with van der Waals surface area (Å²) in [7, 11) is 1.01. The Bertz CT molecular complexity index is 1040. The molecule has 0 spiro atoms. The summed E-state index contributed by atoms with van der Waals surface area (Å²) in [5, 5.41) is -1.72. The van der Waals surface area contributed by atoms with E-state index in [1.165, 1.54) is 0 Å². The molecule has 1 aromatic heterocycles. The number of benzene rings is 1. The summed E-state index contributed by atoms with van der Waals surface area (Å²) < 4.78 is 60.8. The number of carbonyl (C=O) groups is 2. The van der Waals surface area contributed by atoms with E-state index in [1.807, 2.05) is 0 Å². The second-order valence-electron chi connectivity index (χ2n) is 6.16. The van der Waals surface area contributed by atoms with Crippen molar-refractivity contribution in [3.63, 3.8) is 0 Å². The van der Waals surface area contributed by atoms with E-state index in [4.69, 9.17) is 44.4 Å². The number of halogens is 7. The minimum atomic E-state index is -4.88. The van der Waals surface area contributed by atoms with Gasteiger partial charge in [-0.05, 0) is 6.07 Å². The first kappa shape index (κ1) is 25.1. The van der Waals surface area contributed by atoms with Gasteiger partial charge in [0.15, 0.2) is 5.75 Å². The summed E-state index contributed by atoms with van der Waals surface area (Å²) >= 11 is 18.1. The van der Waals surface area contributed by atoms with Crippen molar-refractivity contribution in [3.05, 3.63) is 38.3 Å². The van der Waals surface area contributed by atoms with E-state index in [2.05, 4.69) is 4.89 Å². The molecule has 0 bridgehead atoms. The zero-order chi connectivity index (χ0) is 23.7. The van der Waals surface area contributed by atoms with Crippen LogP contribution in [0.5, 0.6) is 5.75 Å². The van der Waals surface area contributed by atoms with E-state index in [1.54, 1.807) is 0 Å². The monoisotopic (exact) mass is 505 g/mol. The Morgan fingerprint density at radius 2 is 1.71 bits per heavy atom. The maximum Gasteiger partial charge on any atom is 0.432 e. The molecule has 1 heterocycles. The Kier molecular flexibility index (Phi) is 7.72. The van der Waals surface area contributed by atoms with Crippen molar-refractivity contribution in [2.75, 3.05) is 6.61 Å². The van der Waals surface area contributed by atoms with E-state index in [0.29, 0.717) is 4.57 Å². The normalized spacial score (nSPS) is 11.4. The van der Waals surface area contributed by atoms with Gasteiger partial charge in [-0.2, -0.15) is 13.2 Å². The first-order chi connectivity index (χ1) is 14.3. The predicted molar refractivity (Wildman–Crippen MR) is 104 cm³/mol. The summed E-state index contributed by atoms with van der Waals surface area (Å²) in [6, 6.07) is 0.892. The van der Waals surface area contributed by atoms with Crippen molar-refractivity contribution >= 4 is 46.7 Å². The molecule has 0 aliphatic heterocycles. The van der Waals surface area contributed by atoms with Crippen LogP contribution in [0.1, 0.15) is 25.1 Å². The lowest BCUT2D eigenvalue weighted by Gasteiger charge is -2.14. The molecule has 0 N–H and O–H groups in total. The van der Waals surface area contributed by atoms with Gasteiger partial charge in [0.2, 0.25) is 0 Å². The second kappa shape index (κ2) is 9.54. The zero-order valence-electron chi connectivity index (χ0n) is 16.1. The molecule has 0 unspecified atom stereocenters. The number of hydrogen-bond acceptors (Lipinski definition) is 5. The van der Waals surface area contributed by atoms with Crippen LogP contribution in [0.3, 0.4) is 0 Å². The van der Waals surface area contributed by atoms with Gasteiger partial charge in [-0.3, -0.25) is 14.6 Å². The molecule has 0 atom stereocenters. The lowest BCUT2D eigenvalue weighted by Crippen LogP contribution is -2.11. The molecule has 0 radical (unpaired) electrons. The highest BCUT2D eigenvalue weighted by Gasteiger charge is 2.40. The highest BCUT2D eigenvalue weighted by Crippen LogP contribution is 2.48. The summed E-state index contributed by atoms with van der Waals surface area (Å²) in [6.07, 6.45) is -5.16. The quantitative estimate of drug-likeness (QED) is 0.215. The molecule has 0 fully saturated rings. The minimum Gasteiger partial charge on any atom is -0.466 e. The smallest absolute Gasteiger partial charge is 0.432 e. The van der Waals surface area contributed by atoms with E-state index in [0.717, 1.165) is 27.0 Å². The van der Waals surface area contributed by atoms with Crippen LogP contribution >= 0.6 is 34.8 Å². The van der Waals surface area contributed by atoms with Crippen molar-refractivity contribution in [1.82, 2.24) is 4.57 Å². The van der Waals surface area contributed by atoms with E-state index >= 15 is 4.39 Å².